The maximum absolute atomic E-state index is 4.06. The second kappa shape index (κ2) is 8.46. The van der Waals surface area contributed by atoms with Gasteiger partial charge in [0.2, 0.25) is 0 Å². The van der Waals surface area contributed by atoms with Gasteiger partial charge >= 0.3 is 21.7 Å². The van der Waals surface area contributed by atoms with Gasteiger partial charge < -0.3 is 9.88 Å². The molecular formula is C16H16N3Ti+3. The topological polar surface area (TPSA) is 29.0 Å². The van der Waals surface area contributed by atoms with Crippen molar-refractivity contribution in [2.24, 2.45) is 0 Å². The fraction of sp³-hybridized carbons (Fsp3) is 0.125. The molecule has 0 bridgehead atoms. The summed E-state index contributed by atoms with van der Waals surface area (Å²) in [6, 6.07) is 18.0. The second-order valence-electron chi connectivity index (χ2n) is 4.22. The van der Waals surface area contributed by atoms with Crippen LogP contribution in [0, 0.1) is 6.20 Å². The van der Waals surface area contributed by atoms with Crippen LogP contribution in [0.3, 0.4) is 0 Å². The Balaban J connectivity index is 0.000000192. The van der Waals surface area contributed by atoms with Crippen molar-refractivity contribution in [1.29, 1.82) is 0 Å². The molecule has 0 saturated carbocycles. The molecule has 96 valence electrons. The van der Waals surface area contributed by atoms with E-state index in [1.54, 1.807) is 6.20 Å². The first-order chi connectivity index (χ1) is 9.27. The normalized spacial score (nSPS) is 9.10. The second-order valence-corrected chi connectivity index (χ2v) is 4.22. The van der Waals surface area contributed by atoms with E-state index in [2.05, 4.69) is 33.2 Å². The van der Waals surface area contributed by atoms with Crippen LogP contribution in [-0.2, 0) is 21.7 Å². The van der Waals surface area contributed by atoms with Crippen LogP contribution in [0.2, 0.25) is 0 Å². The Morgan fingerprint density at radius 1 is 0.850 bits per heavy atom. The zero-order valence-corrected chi connectivity index (χ0v) is 13.2. The van der Waals surface area contributed by atoms with Crippen LogP contribution in [0.5, 0.6) is 0 Å². The van der Waals surface area contributed by atoms with Crippen LogP contribution in [0.4, 0.5) is 5.69 Å². The number of hydrogen-bond acceptors (Lipinski definition) is 3. The van der Waals surface area contributed by atoms with Crippen molar-refractivity contribution in [2.45, 2.75) is 0 Å². The van der Waals surface area contributed by atoms with E-state index >= 15 is 0 Å². The minimum atomic E-state index is 0. The molecule has 0 radical (unpaired) electrons. The zero-order chi connectivity index (χ0) is 13.5. The van der Waals surface area contributed by atoms with Gasteiger partial charge in [-0.2, -0.15) is 0 Å². The zero-order valence-electron chi connectivity index (χ0n) is 11.6. The first kappa shape index (κ1) is 16.3. The number of fused-ring (bicyclic) bond motifs is 1. The summed E-state index contributed by atoms with van der Waals surface area (Å²) < 4.78 is 0. The average Bonchev–Trinajstić information content (AvgIpc) is 2.49. The summed E-state index contributed by atoms with van der Waals surface area (Å²) >= 11 is 0. The molecule has 0 fully saturated rings. The van der Waals surface area contributed by atoms with Crippen molar-refractivity contribution in [3.8, 4) is 0 Å². The van der Waals surface area contributed by atoms with Crippen molar-refractivity contribution < 1.29 is 21.7 Å². The van der Waals surface area contributed by atoms with Gasteiger partial charge in [0, 0.05) is 25.3 Å². The van der Waals surface area contributed by atoms with Crippen molar-refractivity contribution in [1.82, 2.24) is 9.97 Å². The monoisotopic (exact) mass is 298 g/mol. The number of aromatic nitrogens is 2. The Morgan fingerprint density at radius 2 is 1.45 bits per heavy atom. The molecule has 3 rings (SSSR count). The van der Waals surface area contributed by atoms with E-state index in [-0.39, 0.29) is 21.7 Å². The summed E-state index contributed by atoms with van der Waals surface area (Å²) in [7, 11) is 4.07. The molecule has 0 N–H and O–H groups in total. The summed E-state index contributed by atoms with van der Waals surface area (Å²) in [6.45, 7) is 0. The Labute approximate surface area is 134 Å². The number of hydrogen-bond donors (Lipinski definition) is 0. The van der Waals surface area contributed by atoms with E-state index in [0.29, 0.717) is 0 Å². The average molecular weight is 298 g/mol. The molecule has 1 heterocycles. The van der Waals surface area contributed by atoms with E-state index in [9.17, 15) is 0 Å². The molecule has 0 spiro atoms. The predicted octanol–water partition coefficient (Wildman–Crippen LogP) is 3.18. The number of rotatable bonds is 1. The van der Waals surface area contributed by atoms with Gasteiger partial charge in [-0.1, -0.05) is 41.9 Å². The largest absolute Gasteiger partial charge is 4.00 e. The first-order valence-corrected chi connectivity index (χ1v) is 6.07. The molecule has 3 aromatic rings. The van der Waals surface area contributed by atoms with E-state index < -0.39 is 0 Å². The Hall–Kier alpha value is -1.71. The Bertz CT molecular complexity index is 561. The van der Waals surface area contributed by atoms with Gasteiger partial charge in [0.25, 0.3) is 0 Å². The molecule has 1 aromatic heterocycles. The van der Waals surface area contributed by atoms with Crippen LogP contribution in [0.1, 0.15) is 0 Å². The smallest absolute Gasteiger partial charge is 0.448 e. The standard InChI is InChI=1S/C8H5N2.C8H11N.Ti/c1-2-4-8-7(3-1)9-5-6-10-8;1-9(2)8-6-4-3-5-7-8;/h1-5H;3-7H,1-2H3;/q-1;;+4. The molecule has 0 atom stereocenters. The van der Waals surface area contributed by atoms with Gasteiger partial charge in [0.15, 0.2) is 0 Å². The molecular weight excluding hydrogens is 282 g/mol. The van der Waals surface area contributed by atoms with Crippen LogP contribution < -0.4 is 4.90 Å². The SMILES string of the molecule is CN(C)c1ccccc1.[Ti+4].[c-]1cnc2ccccc2n1. The van der Waals surface area contributed by atoms with E-state index in [1.807, 2.05) is 56.6 Å². The van der Waals surface area contributed by atoms with Crippen LogP contribution in [-0.4, -0.2) is 24.1 Å². The third-order valence-electron chi connectivity index (χ3n) is 2.60. The van der Waals surface area contributed by atoms with E-state index in [1.165, 1.54) is 5.69 Å². The third-order valence-corrected chi connectivity index (χ3v) is 2.60. The van der Waals surface area contributed by atoms with Gasteiger partial charge in [-0.15, -0.1) is 12.3 Å². The van der Waals surface area contributed by atoms with Gasteiger partial charge in [-0.05, 0) is 18.3 Å². The molecule has 0 aliphatic rings. The van der Waals surface area contributed by atoms with Crippen molar-refractivity contribution in [3.05, 3.63) is 67.0 Å². The minimum absolute atomic E-state index is 0. The van der Waals surface area contributed by atoms with Crippen LogP contribution >= 0.6 is 0 Å². The summed E-state index contributed by atoms with van der Waals surface area (Å²) in [5, 5.41) is 0. The molecule has 3 nitrogen and oxygen atoms in total. The van der Waals surface area contributed by atoms with Gasteiger partial charge in [0.1, 0.15) is 0 Å². The molecule has 0 saturated heterocycles. The van der Waals surface area contributed by atoms with Crippen molar-refractivity contribution in [2.75, 3.05) is 19.0 Å². The van der Waals surface area contributed by atoms with Gasteiger partial charge in [-0.3, -0.25) is 4.98 Å². The molecule has 4 heteroatoms. The van der Waals surface area contributed by atoms with Crippen LogP contribution in [0.25, 0.3) is 11.0 Å². The van der Waals surface area contributed by atoms with Crippen LogP contribution in [0.15, 0.2) is 60.8 Å². The summed E-state index contributed by atoms with van der Waals surface area (Å²) in [6.07, 6.45) is 4.25. The molecule has 20 heavy (non-hydrogen) atoms. The quantitative estimate of drug-likeness (QED) is 0.510. The van der Waals surface area contributed by atoms with E-state index in [0.717, 1.165) is 11.0 Å². The number of anilines is 1. The van der Waals surface area contributed by atoms with E-state index in [4.69, 9.17) is 0 Å². The van der Waals surface area contributed by atoms with Crippen molar-refractivity contribution >= 4 is 16.7 Å². The third kappa shape index (κ3) is 4.76. The fourth-order valence-electron chi connectivity index (χ4n) is 1.59. The number of benzene rings is 2. The molecule has 0 aliphatic carbocycles. The maximum atomic E-state index is 4.06. The fourth-order valence-corrected chi connectivity index (χ4v) is 1.59. The van der Waals surface area contributed by atoms with Crippen molar-refractivity contribution in [3.63, 3.8) is 0 Å². The summed E-state index contributed by atoms with van der Waals surface area (Å²) in [4.78, 5) is 10.1. The molecule has 0 unspecified atom stereocenters. The molecule has 2 aromatic carbocycles. The minimum Gasteiger partial charge on any atom is -0.448 e. The summed E-state index contributed by atoms with van der Waals surface area (Å²) in [5.74, 6) is 0. The maximum Gasteiger partial charge on any atom is 4.00 e. The number of nitrogens with zero attached hydrogens (tertiary/aromatic N) is 3. The molecule has 0 amide bonds. The van der Waals surface area contributed by atoms with Gasteiger partial charge in [0.05, 0.1) is 0 Å². The van der Waals surface area contributed by atoms with Gasteiger partial charge in [-0.25, -0.2) is 0 Å². The molecule has 0 aliphatic heterocycles. The number of para-hydroxylation sites is 3. The Kier molecular flexibility index (Phi) is 6.92. The first-order valence-electron chi connectivity index (χ1n) is 6.07. The summed E-state index contributed by atoms with van der Waals surface area (Å²) in [5.41, 5.74) is 3.06. The Morgan fingerprint density at radius 3 is 2.00 bits per heavy atom. The predicted molar refractivity (Wildman–Crippen MR) is 79.1 cm³/mol.